The number of ether oxygens (including phenoxy) is 3. The van der Waals surface area contributed by atoms with Gasteiger partial charge in [0.25, 0.3) is 0 Å². The molecule has 1 aromatic heterocycles. The van der Waals surface area contributed by atoms with Crippen LogP contribution in [0.4, 0.5) is 0 Å². The maximum atomic E-state index is 14.1. The highest BCUT2D eigenvalue weighted by Crippen LogP contribution is 2.47. The largest absolute Gasteiger partial charge is 0.463 e. The molecule has 41 heavy (non-hydrogen) atoms. The molecule has 0 saturated carbocycles. The van der Waals surface area contributed by atoms with E-state index in [-0.39, 0.29) is 6.61 Å². The van der Waals surface area contributed by atoms with Crippen molar-refractivity contribution in [3.63, 3.8) is 0 Å². The molecule has 8 nitrogen and oxygen atoms in total. The molecule has 2 atom stereocenters. The van der Waals surface area contributed by atoms with Gasteiger partial charge in [0.1, 0.15) is 6.10 Å². The standard InChI is InChI=1S/C33H37N3O5/c1-5-40-32(37)31-26(18-36-11-13-39-14-12-36)35-25-17-27(28-20(3)15-19(2)16-21(28)4)41-33(38)30(25)29(31)23-7-6-8-24-22(23)9-10-34-24/h6-10,15-16,27,29,34-35H,5,11-14,17-18H2,1-4H3. The molecule has 3 aliphatic heterocycles. The minimum Gasteiger partial charge on any atom is -0.463 e. The first kappa shape index (κ1) is 27.3. The number of cyclic esters (lactones) is 1. The van der Waals surface area contributed by atoms with Crippen molar-refractivity contribution >= 4 is 22.8 Å². The summed E-state index contributed by atoms with van der Waals surface area (Å²) in [6.45, 7) is 11.6. The van der Waals surface area contributed by atoms with E-state index in [1.807, 2.05) is 30.5 Å². The number of hydrogen-bond donors (Lipinski definition) is 2. The molecule has 2 N–H and O–H groups in total. The number of hydrogen-bond acceptors (Lipinski definition) is 7. The van der Waals surface area contributed by atoms with Gasteiger partial charge < -0.3 is 24.5 Å². The first-order valence-corrected chi connectivity index (χ1v) is 14.4. The number of carbonyl (C=O) groups is 2. The van der Waals surface area contributed by atoms with E-state index in [0.29, 0.717) is 37.3 Å². The Morgan fingerprint density at radius 3 is 2.59 bits per heavy atom. The molecule has 0 spiro atoms. The van der Waals surface area contributed by atoms with Crippen molar-refractivity contribution in [2.75, 3.05) is 39.5 Å². The number of nitrogens with one attached hydrogen (secondary N) is 2. The minimum atomic E-state index is -0.630. The van der Waals surface area contributed by atoms with Crippen molar-refractivity contribution in [3.05, 3.63) is 93.0 Å². The molecule has 4 heterocycles. The fourth-order valence-electron chi connectivity index (χ4n) is 6.72. The highest BCUT2D eigenvalue weighted by atomic mass is 16.5. The van der Waals surface area contributed by atoms with E-state index in [9.17, 15) is 9.59 Å². The van der Waals surface area contributed by atoms with Crippen molar-refractivity contribution in [2.45, 2.75) is 46.1 Å². The number of aryl methyl sites for hydroxylation is 3. The summed E-state index contributed by atoms with van der Waals surface area (Å²) in [4.78, 5) is 33.4. The topological polar surface area (TPSA) is 92.9 Å². The van der Waals surface area contributed by atoms with E-state index in [1.165, 1.54) is 5.56 Å². The first-order valence-electron chi connectivity index (χ1n) is 14.4. The van der Waals surface area contributed by atoms with E-state index in [0.717, 1.165) is 57.6 Å². The molecule has 2 aromatic carbocycles. The highest BCUT2D eigenvalue weighted by molar-refractivity contribution is 6.02. The number of nitrogens with zero attached hydrogens (tertiary/aromatic N) is 1. The summed E-state index contributed by atoms with van der Waals surface area (Å²) in [5.41, 5.74) is 8.75. The second-order valence-corrected chi connectivity index (χ2v) is 11.1. The van der Waals surface area contributed by atoms with Gasteiger partial charge in [0.05, 0.1) is 36.9 Å². The summed E-state index contributed by atoms with van der Waals surface area (Å²) in [5.74, 6) is -1.46. The van der Waals surface area contributed by atoms with Gasteiger partial charge in [-0.1, -0.05) is 29.8 Å². The lowest BCUT2D eigenvalue weighted by molar-refractivity contribution is -0.147. The Morgan fingerprint density at radius 2 is 1.85 bits per heavy atom. The number of fused-ring (bicyclic) bond motifs is 1. The van der Waals surface area contributed by atoms with Crippen LogP contribution in [0.5, 0.6) is 0 Å². The Morgan fingerprint density at radius 1 is 1.10 bits per heavy atom. The van der Waals surface area contributed by atoms with Crippen LogP contribution < -0.4 is 5.32 Å². The summed E-state index contributed by atoms with van der Waals surface area (Å²) < 4.78 is 17.4. The van der Waals surface area contributed by atoms with Crippen LogP contribution in [-0.4, -0.2) is 61.3 Å². The summed E-state index contributed by atoms with van der Waals surface area (Å²) in [5, 5.41) is 4.54. The number of rotatable bonds is 6. The zero-order valence-corrected chi connectivity index (χ0v) is 24.1. The number of carbonyl (C=O) groups excluding carboxylic acids is 2. The average Bonchev–Trinajstić information content (AvgIpc) is 3.42. The number of aromatic amines is 1. The van der Waals surface area contributed by atoms with Crippen molar-refractivity contribution in [3.8, 4) is 0 Å². The quantitative estimate of drug-likeness (QED) is 0.419. The fourth-order valence-corrected chi connectivity index (χ4v) is 6.72. The van der Waals surface area contributed by atoms with E-state index < -0.39 is 24.0 Å². The van der Waals surface area contributed by atoms with Crippen molar-refractivity contribution < 1.29 is 23.8 Å². The third-order valence-corrected chi connectivity index (χ3v) is 8.37. The van der Waals surface area contributed by atoms with Crippen LogP contribution in [-0.2, 0) is 23.8 Å². The Labute approximate surface area is 240 Å². The first-order chi connectivity index (χ1) is 19.9. The Balaban J connectivity index is 1.51. The smallest absolute Gasteiger partial charge is 0.337 e. The number of benzene rings is 2. The van der Waals surface area contributed by atoms with Crippen molar-refractivity contribution in [1.82, 2.24) is 15.2 Å². The third-order valence-electron chi connectivity index (χ3n) is 8.37. The summed E-state index contributed by atoms with van der Waals surface area (Å²) in [6, 6.07) is 12.2. The van der Waals surface area contributed by atoms with Gasteiger partial charge in [-0.2, -0.15) is 0 Å². The zero-order valence-electron chi connectivity index (χ0n) is 24.1. The minimum absolute atomic E-state index is 0.235. The van der Waals surface area contributed by atoms with Crippen molar-refractivity contribution in [2.24, 2.45) is 0 Å². The van der Waals surface area contributed by atoms with Gasteiger partial charge in [-0.25, -0.2) is 9.59 Å². The molecule has 1 fully saturated rings. The summed E-state index contributed by atoms with van der Waals surface area (Å²) in [7, 11) is 0. The van der Waals surface area contributed by atoms with Crippen LogP contribution in [0, 0.1) is 20.8 Å². The fraction of sp³-hybridized carbons (Fsp3) is 0.394. The zero-order chi connectivity index (χ0) is 28.7. The molecule has 3 aromatic rings. The Kier molecular flexibility index (Phi) is 7.45. The van der Waals surface area contributed by atoms with Crippen molar-refractivity contribution in [1.29, 1.82) is 0 Å². The van der Waals surface area contributed by atoms with Crippen LogP contribution in [0.1, 0.15) is 53.2 Å². The molecule has 0 bridgehead atoms. The lowest BCUT2D eigenvalue weighted by Gasteiger charge is -2.39. The van der Waals surface area contributed by atoms with Crippen LogP contribution in [0.3, 0.4) is 0 Å². The Hall–Kier alpha value is -3.88. The number of aromatic nitrogens is 1. The van der Waals surface area contributed by atoms with Crippen LogP contribution in [0.15, 0.2) is 65.1 Å². The van der Waals surface area contributed by atoms with Gasteiger partial charge >= 0.3 is 11.9 Å². The second-order valence-electron chi connectivity index (χ2n) is 11.1. The molecule has 0 amide bonds. The molecule has 214 valence electrons. The monoisotopic (exact) mass is 555 g/mol. The maximum Gasteiger partial charge on any atom is 0.337 e. The molecule has 0 radical (unpaired) electrons. The van der Waals surface area contributed by atoms with Gasteiger partial charge in [-0.15, -0.1) is 0 Å². The van der Waals surface area contributed by atoms with Gasteiger partial charge in [0.15, 0.2) is 0 Å². The highest BCUT2D eigenvalue weighted by Gasteiger charge is 2.44. The van der Waals surface area contributed by atoms with Gasteiger partial charge in [-0.05, 0) is 62.1 Å². The average molecular weight is 556 g/mol. The van der Waals surface area contributed by atoms with E-state index in [1.54, 1.807) is 6.92 Å². The third kappa shape index (κ3) is 5.06. The predicted molar refractivity (Wildman–Crippen MR) is 156 cm³/mol. The van der Waals surface area contributed by atoms with Crippen LogP contribution >= 0.6 is 0 Å². The SMILES string of the molecule is CCOC(=O)C1=C(CN2CCOCC2)NC2=C(C(=O)OC(c3c(C)cc(C)cc3C)C2)C1c1cccc2[nH]ccc12. The lowest BCUT2D eigenvalue weighted by atomic mass is 9.76. The molecular weight excluding hydrogens is 518 g/mol. The van der Waals surface area contributed by atoms with Gasteiger partial charge in [-0.3, -0.25) is 4.90 Å². The molecule has 0 aliphatic carbocycles. The molecule has 6 rings (SSSR count). The normalized spacial score (nSPS) is 21.5. The second kappa shape index (κ2) is 11.2. The van der Waals surface area contributed by atoms with E-state index >= 15 is 0 Å². The maximum absolute atomic E-state index is 14.1. The van der Waals surface area contributed by atoms with Crippen LogP contribution in [0.25, 0.3) is 10.9 Å². The molecular formula is C33H37N3O5. The molecule has 2 unspecified atom stereocenters. The lowest BCUT2D eigenvalue weighted by Crippen LogP contribution is -2.44. The Bertz CT molecular complexity index is 1550. The van der Waals surface area contributed by atoms with E-state index in [2.05, 4.69) is 48.1 Å². The molecule has 8 heteroatoms. The number of dihydropyridines is 1. The van der Waals surface area contributed by atoms with E-state index in [4.69, 9.17) is 14.2 Å². The molecule has 1 saturated heterocycles. The number of esters is 2. The number of morpholine rings is 1. The molecule has 3 aliphatic rings. The van der Waals surface area contributed by atoms with Gasteiger partial charge in [0.2, 0.25) is 0 Å². The number of H-pyrrole nitrogens is 1. The summed E-state index contributed by atoms with van der Waals surface area (Å²) in [6.07, 6.45) is 1.95. The van der Waals surface area contributed by atoms with Gasteiger partial charge in [0, 0.05) is 54.5 Å². The summed E-state index contributed by atoms with van der Waals surface area (Å²) >= 11 is 0. The van der Waals surface area contributed by atoms with Crippen LogP contribution in [0.2, 0.25) is 0 Å². The predicted octanol–water partition coefficient (Wildman–Crippen LogP) is 4.87.